The van der Waals surface area contributed by atoms with Crippen LogP contribution in [0.2, 0.25) is 0 Å². The van der Waals surface area contributed by atoms with E-state index in [0.29, 0.717) is 12.0 Å². The van der Waals surface area contributed by atoms with E-state index in [1.165, 1.54) is 36.8 Å². The van der Waals surface area contributed by atoms with E-state index in [1.54, 1.807) is 0 Å². The van der Waals surface area contributed by atoms with Gasteiger partial charge in [-0.25, -0.2) is 0 Å². The third-order valence-electron chi connectivity index (χ3n) is 4.95. The molecule has 0 radical (unpaired) electrons. The highest BCUT2D eigenvalue weighted by atomic mass is 35.5. The van der Waals surface area contributed by atoms with Crippen LogP contribution in [0.4, 0.5) is 0 Å². The van der Waals surface area contributed by atoms with Crippen LogP contribution in [0.15, 0.2) is 24.3 Å². The molecule has 1 saturated carbocycles. The summed E-state index contributed by atoms with van der Waals surface area (Å²) in [6, 6.07) is 8.63. The molecule has 4 heteroatoms. The van der Waals surface area contributed by atoms with Crippen molar-refractivity contribution in [3.8, 4) is 0 Å². The van der Waals surface area contributed by atoms with Crippen molar-refractivity contribution in [3.05, 3.63) is 35.4 Å². The highest BCUT2D eigenvalue weighted by Gasteiger charge is 2.44. The molecule has 0 amide bonds. The number of benzene rings is 1. The van der Waals surface area contributed by atoms with Crippen molar-refractivity contribution in [3.63, 3.8) is 0 Å². The summed E-state index contributed by atoms with van der Waals surface area (Å²) in [5, 5.41) is 9.52. The molecular weight excluding hydrogens is 286 g/mol. The van der Waals surface area contributed by atoms with Gasteiger partial charge in [-0.1, -0.05) is 42.7 Å². The number of aryl methyl sites for hydroxylation is 1. The summed E-state index contributed by atoms with van der Waals surface area (Å²) < 4.78 is 0. The first-order chi connectivity index (χ1) is 9.65. The molecule has 1 N–H and O–H groups in total. The zero-order valence-corrected chi connectivity index (χ0v) is 13.3. The summed E-state index contributed by atoms with van der Waals surface area (Å²) in [6.45, 7) is 2.87. The molecule has 1 aromatic carbocycles. The summed E-state index contributed by atoms with van der Waals surface area (Å²) in [6.07, 6.45) is 5.73. The van der Waals surface area contributed by atoms with Gasteiger partial charge < -0.3 is 5.11 Å². The smallest absolute Gasteiger partial charge is 0.320 e. The van der Waals surface area contributed by atoms with Crippen LogP contribution in [-0.2, 0) is 11.3 Å². The Balaban J connectivity index is 0.00000161. The van der Waals surface area contributed by atoms with Crippen LogP contribution in [0.1, 0.15) is 43.2 Å². The number of halogens is 1. The number of carboxylic acid groups (broad SMARTS) is 1. The lowest BCUT2D eigenvalue weighted by Crippen LogP contribution is -2.41. The Morgan fingerprint density at radius 3 is 2.81 bits per heavy atom. The predicted molar refractivity (Wildman–Crippen MR) is 85.8 cm³/mol. The lowest BCUT2D eigenvalue weighted by molar-refractivity contribution is -0.142. The highest BCUT2D eigenvalue weighted by Crippen LogP contribution is 2.40. The zero-order valence-electron chi connectivity index (χ0n) is 12.5. The topological polar surface area (TPSA) is 40.5 Å². The van der Waals surface area contributed by atoms with Gasteiger partial charge in [0.15, 0.2) is 0 Å². The maximum atomic E-state index is 11.6. The van der Waals surface area contributed by atoms with Crippen molar-refractivity contribution in [2.45, 2.75) is 57.7 Å². The Morgan fingerprint density at radius 1 is 1.33 bits per heavy atom. The monoisotopic (exact) mass is 309 g/mol. The van der Waals surface area contributed by atoms with Crippen LogP contribution in [0.3, 0.4) is 0 Å². The molecule has 1 aromatic rings. The Bertz CT molecular complexity index is 505. The lowest BCUT2D eigenvalue weighted by atomic mass is 9.84. The lowest BCUT2D eigenvalue weighted by Gasteiger charge is -2.33. The van der Waals surface area contributed by atoms with Crippen LogP contribution < -0.4 is 0 Å². The molecule has 116 valence electrons. The average molecular weight is 310 g/mol. The highest BCUT2D eigenvalue weighted by molar-refractivity contribution is 5.85. The van der Waals surface area contributed by atoms with Crippen LogP contribution >= 0.6 is 12.4 Å². The van der Waals surface area contributed by atoms with Crippen LogP contribution in [0, 0.1) is 12.8 Å². The molecule has 1 aliphatic carbocycles. The van der Waals surface area contributed by atoms with E-state index in [-0.39, 0.29) is 18.4 Å². The van der Waals surface area contributed by atoms with Crippen molar-refractivity contribution in [2.24, 2.45) is 5.92 Å². The molecule has 1 aliphatic heterocycles. The van der Waals surface area contributed by atoms with Gasteiger partial charge in [0.25, 0.3) is 0 Å². The fraction of sp³-hybridized carbons (Fsp3) is 0.588. The molecule has 21 heavy (non-hydrogen) atoms. The molecule has 0 aromatic heterocycles. The van der Waals surface area contributed by atoms with Crippen molar-refractivity contribution in [1.82, 2.24) is 4.90 Å². The first-order valence-corrected chi connectivity index (χ1v) is 7.69. The largest absolute Gasteiger partial charge is 0.480 e. The quantitative estimate of drug-likeness (QED) is 0.927. The molecular formula is C17H24ClNO2. The summed E-state index contributed by atoms with van der Waals surface area (Å²) >= 11 is 0. The van der Waals surface area contributed by atoms with Crippen LogP contribution in [0.5, 0.6) is 0 Å². The molecule has 2 fully saturated rings. The average Bonchev–Trinajstić information content (AvgIpc) is 2.78. The molecule has 1 heterocycles. The van der Waals surface area contributed by atoms with Gasteiger partial charge in [-0.2, -0.15) is 0 Å². The van der Waals surface area contributed by atoms with Gasteiger partial charge in [0.05, 0.1) is 0 Å². The molecule has 3 unspecified atom stereocenters. The summed E-state index contributed by atoms with van der Waals surface area (Å²) in [5.41, 5.74) is 2.48. The minimum Gasteiger partial charge on any atom is -0.480 e. The molecule has 3 nitrogen and oxygen atoms in total. The number of aliphatic carboxylic acids is 1. The number of rotatable bonds is 3. The van der Waals surface area contributed by atoms with E-state index in [1.807, 2.05) is 0 Å². The number of fused-ring (bicyclic) bond motifs is 1. The SMILES string of the molecule is Cc1cccc(CN2C(C(=O)O)CC3CCCCC32)c1.Cl. The van der Waals surface area contributed by atoms with Crippen molar-refractivity contribution >= 4 is 18.4 Å². The third kappa shape index (κ3) is 3.41. The van der Waals surface area contributed by atoms with Gasteiger partial charge in [0, 0.05) is 12.6 Å². The normalized spacial score (nSPS) is 28.7. The van der Waals surface area contributed by atoms with Crippen molar-refractivity contribution in [2.75, 3.05) is 0 Å². The van der Waals surface area contributed by atoms with Crippen LogP contribution in [0.25, 0.3) is 0 Å². The summed E-state index contributed by atoms with van der Waals surface area (Å²) in [7, 11) is 0. The third-order valence-corrected chi connectivity index (χ3v) is 4.95. The Morgan fingerprint density at radius 2 is 2.10 bits per heavy atom. The maximum Gasteiger partial charge on any atom is 0.320 e. The van der Waals surface area contributed by atoms with E-state index in [9.17, 15) is 9.90 Å². The van der Waals surface area contributed by atoms with E-state index >= 15 is 0 Å². The van der Waals surface area contributed by atoms with E-state index < -0.39 is 5.97 Å². The number of hydrogen-bond acceptors (Lipinski definition) is 2. The number of carbonyl (C=O) groups is 1. The van der Waals surface area contributed by atoms with E-state index in [4.69, 9.17) is 0 Å². The Labute approximate surface area is 132 Å². The van der Waals surface area contributed by atoms with Crippen molar-refractivity contribution in [1.29, 1.82) is 0 Å². The number of nitrogens with zero attached hydrogens (tertiary/aromatic N) is 1. The van der Waals surface area contributed by atoms with Gasteiger partial charge in [0.2, 0.25) is 0 Å². The molecule has 0 spiro atoms. The van der Waals surface area contributed by atoms with E-state index in [0.717, 1.165) is 13.0 Å². The standard InChI is InChI=1S/C17H23NO2.ClH/c1-12-5-4-6-13(9-12)11-18-15-8-3-2-7-14(15)10-16(18)17(19)20;/h4-6,9,14-16H,2-3,7-8,10-11H2,1H3,(H,19,20);1H. The minimum absolute atomic E-state index is 0. The second-order valence-electron chi connectivity index (χ2n) is 6.36. The molecule has 3 rings (SSSR count). The number of carboxylic acids is 1. The molecule has 3 atom stereocenters. The van der Waals surface area contributed by atoms with Crippen LogP contribution in [-0.4, -0.2) is 28.1 Å². The minimum atomic E-state index is -0.646. The van der Waals surface area contributed by atoms with Crippen molar-refractivity contribution < 1.29 is 9.90 Å². The molecule has 1 saturated heterocycles. The number of likely N-dealkylation sites (tertiary alicyclic amines) is 1. The first kappa shape index (κ1) is 16.3. The predicted octanol–water partition coefficient (Wildman–Crippen LogP) is 3.63. The first-order valence-electron chi connectivity index (χ1n) is 7.69. The van der Waals surface area contributed by atoms with Gasteiger partial charge in [0.1, 0.15) is 6.04 Å². The second kappa shape index (κ2) is 6.80. The fourth-order valence-electron chi connectivity index (χ4n) is 4.04. The number of hydrogen-bond donors (Lipinski definition) is 1. The van der Waals surface area contributed by atoms with Gasteiger partial charge >= 0.3 is 5.97 Å². The second-order valence-corrected chi connectivity index (χ2v) is 6.36. The Hall–Kier alpha value is -1.06. The van der Waals surface area contributed by atoms with E-state index in [2.05, 4.69) is 36.1 Å². The zero-order chi connectivity index (χ0) is 14.1. The van der Waals surface area contributed by atoms with Gasteiger partial charge in [-0.3, -0.25) is 9.69 Å². The molecule has 2 aliphatic rings. The molecule has 0 bridgehead atoms. The van der Waals surface area contributed by atoms with Gasteiger partial charge in [-0.15, -0.1) is 12.4 Å². The Kier molecular flexibility index (Phi) is 5.28. The maximum absolute atomic E-state index is 11.6. The fourth-order valence-corrected chi connectivity index (χ4v) is 4.04. The summed E-state index contributed by atoms with van der Waals surface area (Å²) in [4.78, 5) is 13.8. The van der Waals surface area contributed by atoms with Gasteiger partial charge in [-0.05, 0) is 37.7 Å². The summed E-state index contributed by atoms with van der Waals surface area (Å²) in [5.74, 6) is -0.0540.